The van der Waals surface area contributed by atoms with E-state index in [4.69, 9.17) is 4.74 Å². The molecule has 176 valence electrons. The highest BCUT2D eigenvalue weighted by atomic mass is 32.2. The number of ether oxygens (including phenoxy) is 1. The number of morpholine rings is 1. The highest BCUT2D eigenvalue weighted by Crippen LogP contribution is 2.47. The van der Waals surface area contributed by atoms with Gasteiger partial charge >= 0.3 is 0 Å². The van der Waals surface area contributed by atoms with E-state index in [-0.39, 0.29) is 17.2 Å². The van der Waals surface area contributed by atoms with E-state index in [9.17, 15) is 13.2 Å². The van der Waals surface area contributed by atoms with Crippen LogP contribution in [-0.2, 0) is 19.6 Å². The first-order valence-corrected chi connectivity index (χ1v) is 13.4. The maximum Gasteiger partial charge on any atom is 0.243 e. The molecular formula is C25H25N3O4S2. The molecule has 0 atom stereocenters. The molecule has 3 aromatic rings. The highest BCUT2D eigenvalue weighted by molar-refractivity contribution is 7.99. The summed E-state index contributed by atoms with van der Waals surface area (Å²) in [6.45, 7) is 1.94. The van der Waals surface area contributed by atoms with E-state index < -0.39 is 10.0 Å². The Morgan fingerprint density at radius 1 is 0.912 bits per heavy atom. The number of rotatable bonds is 6. The Morgan fingerprint density at radius 2 is 1.56 bits per heavy atom. The molecule has 0 unspecified atom stereocenters. The Bertz CT molecular complexity index is 1260. The maximum absolute atomic E-state index is 12.9. The first kappa shape index (κ1) is 22.9. The standard InChI is InChI=1S/C25H25N3O4S2/c29-25(26-19-6-5-7-20(18-19)34(30,31)27-14-16-32-17-15-27)12-13-28-21-8-1-3-10-23(21)33-24-11-4-2-9-22(24)28/h1-11,18H,12-17H2,(H,26,29). The van der Waals surface area contributed by atoms with E-state index in [0.29, 0.717) is 38.5 Å². The molecule has 5 rings (SSSR count). The fourth-order valence-corrected chi connectivity index (χ4v) is 6.68. The molecule has 3 aromatic carbocycles. The molecule has 1 N–H and O–H groups in total. The van der Waals surface area contributed by atoms with Gasteiger partial charge in [0.25, 0.3) is 0 Å². The van der Waals surface area contributed by atoms with Gasteiger partial charge in [-0.3, -0.25) is 4.79 Å². The lowest BCUT2D eigenvalue weighted by Gasteiger charge is -2.32. The number of carbonyl (C=O) groups is 1. The van der Waals surface area contributed by atoms with E-state index in [2.05, 4.69) is 34.5 Å². The van der Waals surface area contributed by atoms with Crippen molar-refractivity contribution in [1.29, 1.82) is 0 Å². The van der Waals surface area contributed by atoms with Crippen molar-refractivity contribution in [3.8, 4) is 0 Å². The summed E-state index contributed by atoms with van der Waals surface area (Å²) < 4.78 is 32.6. The summed E-state index contributed by atoms with van der Waals surface area (Å²) in [6.07, 6.45) is 0.258. The lowest BCUT2D eigenvalue weighted by Crippen LogP contribution is -2.40. The van der Waals surface area contributed by atoms with Gasteiger partial charge in [0, 0.05) is 41.5 Å². The summed E-state index contributed by atoms with van der Waals surface area (Å²) >= 11 is 1.73. The van der Waals surface area contributed by atoms with Crippen LogP contribution in [0.3, 0.4) is 0 Å². The zero-order valence-corrected chi connectivity index (χ0v) is 20.1. The molecule has 0 bridgehead atoms. The second-order valence-electron chi connectivity index (χ2n) is 8.03. The molecule has 2 heterocycles. The van der Waals surface area contributed by atoms with Gasteiger partial charge in [-0.05, 0) is 42.5 Å². The zero-order valence-electron chi connectivity index (χ0n) is 18.5. The molecule has 0 spiro atoms. The number of hydrogen-bond donors (Lipinski definition) is 1. The van der Waals surface area contributed by atoms with Crippen molar-refractivity contribution in [2.45, 2.75) is 21.1 Å². The molecule has 7 nitrogen and oxygen atoms in total. The molecule has 0 aromatic heterocycles. The van der Waals surface area contributed by atoms with Crippen LogP contribution in [0.15, 0.2) is 87.5 Å². The fraction of sp³-hybridized carbons (Fsp3) is 0.240. The third-order valence-electron chi connectivity index (χ3n) is 5.82. The van der Waals surface area contributed by atoms with Crippen LogP contribution in [0.2, 0.25) is 0 Å². The SMILES string of the molecule is O=C(CCN1c2ccccc2Sc2ccccc21)Nc1cccc(S(=O)(=O)N2CCOCC2)c1. The van der Waals surface area contributed by atoms with Crippen molar-refractivity contribution >= 4 is 44.8 Å². The zero-order chi connectivity index (χ0) is 23.5. The summed E-state index contributed by atoms with van der Waals surface area (Å²) in [4.78, 5) is 17.5. The van der Waals surface area contributed by atoms with Crippen molar-refractivity contribution in [3.05, 3.63) is 72.8 Å². The van der Waals surface area contributed by atoms with Crippen LogP contribution < -0.4 is 10.2 Å². The number of sulfonamides is 1. The minimum absolute atomic E-state index is 0.170. The van der Waals surface area contributed by atoms with Crippen molar-refractivity contribution in [3.63, 3.8) is 0 Å². The first-order valence-electron chi connectivity index (χ1n) is 11.1. The molecule has 9 heteroatoms. The summed E-state index contributed by atoms with van der Waals surface area (Å²) in [7, 11) is -3.63. The predicted molar refractivity (Wildman–Crippen MR) is 133 cm³/mol. The minimum Gasteiger partial charge on any atom is -0.379 e. The van der Waals surface area contributed by atoms with Gasteiger partial charge in [-0.1, -0.05) is 42.1 Å². The van der Waals surface area contributed by atoms with Crippen LogP contribution in [-0.4, -0.2) is 51.5 Å². The van der Waals surface area contributed by atoms with E-state index in [0.717, 1.165) is 21.2 Å². The Labute approximate surface area is 203 Å². The summed E-state index contributed by atoms with van der Waals surface area (Å²) in [5, 5.41) is 2.87. The molecule has 0 radical (unpaired) electrons. The van der Waals surface area contributed by atoms with Crippen molar-refractivity contribution < 1.29 is 17.9 Å². The average Bonchev–Trinajstić information content (AvgIpc) is 2.87. The smallest absolute Gasteiger partial charge is 0.243 e. The van der Waals surface area contributed by atoms with Crippen molar-refractivity contribution in [2.75, 3.05) is 43.1 Å². The van der Waals surface area contributed by atoms with E-state index in [1.807, 2.05) is 24.3 Å². The monoisotopic (exact) mass is 495 g/mol. The number of nitrogens with zero attached hydrogens (tertiary/aromatic N) is 2. The van der Waals surface area contributed by atoms with Gasteiger partial charge in [0.05, 0.1) is 29.5 Å². The Balaban J connectivity index is 1.29. The molecular weight excluding hydrogens is 470 g/mol. The maximum atomic E-state index is 12.9. The molecule has 0 saturated carbocycles. The molecule has 1 saturated heterocycles. The summed E-state index contributed by atoms with van der Waals surface area (Å²) in [5.41, 5.74) is 2.63. The number of amides is 1. The van der Waals surface area contributed by atoms with Crippen molar-refractivity contribution in [2.24, 2.45) is 0 Å². The molecule has 0 aliphatic carbocycles. The van der Waals surface area contributed by atoms with Crippen LogP contribution in [0.5, 0.6) is 0 Å². The number of para-hydroxylation sites is 2. The quantitative estimate of drug-likeness (QED) is 0.548. The third kappa shape index (κ3) is 4.69. The lowest BCUT2D eigenvalue weighted by molar-refractivity contribution is -0.116. The van der Waals surface area contributed by atoms with E-state index >= 15 is 0 Å². The topological polar surface area (TPSA) is 79.0 Å². The second kappa shape index (κ2) is 9.79. The molecule has 2 aliphatic heterocycles. The van der Waals surface area contributed by atoms with Crippen LogP contribution in [0, 0.1) is 0 Å². The largest absolute Gasteiger partial charge is 0.379 e. The number of carbonyl (C=O) groups excluding carboxylic acids is 1. The van der Waals surface area contributed by atoms with E-state index in [1.54, 1.807) is 30.0 Å². The lowest BCUT2D eigenvalue weighted by atomic mass is 10.2. The first-order chi connectivity index (χ1) is 16.5. The normalized spacial score (nSPS) is 15.9. The van der Waals surface area contributed by atoms with Crippen LogP contribution >= 0.6 is 11.8 Å². The molecule has 1 amide bonds. The number of benzene rings is 3. The summed E-state index contributed by atoms with van der Waals surface area (Å²) in [5.74, 6) is -0.172. The third-order valence-corrected chi connectivity index (χ3v) is 8.85. The number of nitrogens with one attached hydrogen (secondary N) is 1. The van der Waals surface area contributed by atoms with Crippen molar-refractivity contribution in [1.82, 2.24) is 4.31 Å². The van der Waals surface area contributed by atoms with Crippen LogP contribution in [0.25, 0.3) is 0 Å². The van der Waals surface area contributed by atoms with E-state index in [1.165, 1.54) is 10.4 Å². The van der Waals surface area contributed by atoms with Gasteiger partial charge in [-0.25, -0.2) is 8.42 Å². The van der Waals surface area contributed by atoms with Gasteiger partial charge in [-0.2, -0.15) is 4.31 Å². The van der Waals surface area contributed by atoms with Crippen LogP contribution in [0.1, 0.15) is 6.42 Å². The highest BCUT2D eigenvalue weighted by Gasteiger charge is 2.27. The van der Waals surface area contributed by atoms with Gasteiger partial charge in [0.15, 0.2) is 0 Å². The van der Waals surface area contributed by atoms with Gasteiger partial charge < -0.3 is 15.0 Å². The summed E-state index contributed by atoms with van der Waals surface area (Å²) in [6, 6.07) is 22.8. The Morgan fingerprint density at radius 3 is 2.24 bits per heavy atom. The molecule has 1 fully saturated rings. The van der Waals surface area contributed by atoms with Gasteiger partial charge in [0.1, 0.15) is 0 Å². The second-order valence-corrected chi connectivity index (χ2v) is 11.1. The van der Waals surface area contributed by atoms with Gasteiger partial charge in [-0.15, -0.1) is 0 Å². The number of fused-ring (bicyclic) bond motifs is 2. The Kier molecular flexibility index (Phi) is 6.60. The molecule has 34 heavy (non-hydrogen) atoms. The number of hydrogen-bond acceptors (Lipinski definition) is 6. The predicted octanol–water partition coefficient (Wildman–Crippen LogP) is 4.34. The number of anilines is 3. The Hall–Kier alpha value is -2.85. The van der Waals surface area contributed by atoms with Gasteiger partial charge in [0.2, 0.25) is 15.9 Å². The minimum atomic E-state index is -3.63. The van der Waals surface area contributed by atoms with Crippen LogP contribution in [0.4, 0.5) is 17.1 Å². The average molecular weight is 496 g/mol. The molecule has 2 aliphatic rings. The fourth-order valence-electron chi connectivity index (χ4n) is 4.13.